The van der Waals surface area contributed by atoms with Crippen LogP contribution in [0.4, 0.5) is 0 Å². The highest BCUT2D eigenvalue weighted by molar-refractivity contribution is 5.66. The van der Waals surface area contributed by atoms with Crippen LogP contribution in [0, 0.1) is 5.92 Å². The Morgan fingerprint density at radius 3 is 3.00 bits per heavy atom. The maximum absolute atomic E-state index is 10.5. The van der Waals surface area contributed by atoms with E-state index in [-0.39, 0.29) is 0 Å². The molecule has 0 amide bonds. The quantitative estimate of drug-likeness (QED) is 0.720. The van der Waals surface area contributed by atoms with Crippen molar-refractivity contribution in [1.29, 1.82) is 0 Å². The lowest BCUT2D eigenvalue weighted by molar-refractivity contribution is -0.137. The molecule has 0 saturated carbocycles. The minimum absolute atomic E-state index is 0.304. The standard InChI is InChI=1S/C12H23NO3/c1-3-16-9-10(2)13-7-6-11(8-13)4-5-12(14)15/h10-11H,3-9H2,1-2H3,(H,14,15). The van der Waals surface area contributed by atoms with Gasteiger partial charge in [0.1, 0.15) is 0 Å². The van der Waals surface area contributed by atoms with Crippen LogP contribution < -0.4 is 0 Å². The molecule has 2 atom stereocenters. The first-order chi connectivity index (χ1) is 7.63. The molecule has 0 aromatic carbocycles. The molecule has 1 rings (SSSR count). The van der Waals surface area contributed by atoms with Crippen molar-refractivity contribution in [2.75, 3.05) is 26.3 Å². The van der Waals surface area contributed by atoms with E-state index in [0.717, 1.165) is 39.1 Å². The maximum atomic E-state index is 10.5. The van der Waals surface area contributed by atoms with Crippen LogP contribution >= 0.6 is 0 Å². The summed E-state index contributed by atoms with van der Waals surface area (Å²) >= 11 is 0. The number of likely N-dealkylation sites (tertiary alicyclic amines) is 1. The number of hydrogen-bond donors (Lipinski definition) is 1. The minimum atomic E-state index is -0.680. The third kappa shape index (κ3) is 4.49. The summed E-state index contributed by atoms with van der Waals surface area (Å²) in [4.78, 5) is 12.9. The van der Waals surface area contributed by atoms with Crippen LogP contribution in [0.25, 0.3) is 0 Å². The van der Waals surface area contributed by atoms with E-state index in [4.69, 9.17) is 9.84 Å². The van der Waals surface area contributed by atoms with E-state index in [2.05, 4.69) is 11.8 Å². The van der Waals surface area contributed by atoms with Crippen LogP contribution in [0.15, 0.2) is 0 Å². The number of nitrogens with zero attached hydrogens (tertiary/aromatic N) is 1. The molecule has 16 heavy (non-hydrogen) atoms. The van der Waals surface area contributed by atoms with Gasteiger partial charge in [0.25, 0.3) is 0 Å². The molecular formula is C12H23NO3. The van der Waals surface area contributed by atoms with Crippen molar-refractivity contribution < 1.29 is 14.6 Å². The van der Waals surface area contributed by atoms with Gasteiger partial charge in [-0.3, -0.25) is 9.69 Å². The topological polar surface area (TPSA) is 49.8 Å². The zero-order valence-corrected chi connectivity index (χ0v) is 10.3. The van der Waals surface area contributed by atoms with Crippen LogP contribution in [0.2, 0.25) is 0 Å². The summed E-state index contributed by atoms with van der Waals surface area (Å²) in [5.74, 6) is -0.124. The molecule has 0 aliphatic carbocycles. The molecule has 1 heterocycles. The molecule has 1 aliphatic heterocycles. The number of carboxylic acids is 1. The third-order valence-electron chi connectivity index (χ3n) is 3.27. The van der Waals surface area contributed by atoms with Crippen molar-refractivity contribution in [2.24, 2.45) is 5.92 Å². The minimum Gasteiger partial charge on any atom is -0.481 e. The van der Waals surface area contributed by atoms with Gasteiger partial charge >= 0.3 is 5.97 Å². The Kier molecular flexibility index (Phi) is 5.77. The van der Waals surface area contributed by atoms with Gasteiger partial charge < -0.3 is 9.84 Å². The summed E-state index contributed by atoms with van der Waals surface area (Å²) < 4.78 is 5.41. The molecule has 0 radical (unpaired) electrons. The molecular weight excluding hydrogens is 206 g/mol. The maximum Gasteiger partial charge on any atom is 0.303 e. The largest absolute Gasteiger partial charge is 0.481 e. The fourth-order valence-electron chi connectivity index (χ4n) is 2.22. The van der Waals surface area contributed by atoms with E-state index in [9.17, 15) is 4.79 Å². The summed E-state index contributed by atoms with van der Waals surface area (Å²) in [6.07, 6.45) is 2.25. The zero-order chi connectivity index (χ0) is 12.0. The highest BCUT2D eigenvalue weighted by Gasteiger charge is 2.26. The Morgan fingerprint density at radius 1 is 1.62 bits per heavy atom. The molecule has 1 saturated heterocycles. The van der Waals surface area contributed by atoms with Crippen molar-refractivity contribution >= 4 is 5.97 Å². The molecule has 4 nitrogen and oxygen atoms in total. The molecule has 0 aromatic rings. The number of carbonyl (C=O) groups is 1. The van der Waals surface area contributed by atoms with E-state index >= 15 is 0 Å². The number of hydrogen-bond acceptors (Lipinski definition) is 3. The van der Waals surface area contributed by atoms with E-state index in [1.165, 1.54) is 0 Å². The lowest BCUT2D eigenvalue weighted by Gasteiger charge is -2.23. The van der Waals surface area contributed by atoms with Crippen molar-refractivity contribution in [2.45, 2.75) is 39.2 Å². The number of carboxylic acid groups (broad SMARTS) is 1. The summed E-state index contributed by atoms with van der Waals surface area (Å²) in [5.41, 5.74) is 0. The fourth-order valence-corrected chi connectivity index (χ4v) is 2.22. The first-order valence-electron chi connectivity index (χ1n) is 6.17. The second kappa shape index (κ2) is 6.86. The van der Waals surface area contributed by atoms with Crippen LogP contribution in [-0.4, -0.2) is 48.3 Å². The first-order valence-corrected chi connectivity index (χ1v) is 6.17. The Hall–Kier alpha value is -0.610. The third-order valence-corrected chi connectivity index (χ3v) is 3.27. The van der Waals surface area contributed by atoms with Crippen molar-refractivity contribution in [3.63, 3.8) is 0 Å². The zero-order valence-electron chi connectivity index (χ0n) is 10.3. The SMILES string of the molecule is CCOCC(C)N1CCC(CCC(=O)O)C1. The smallest absolute Gasteiger partial charge is 0.303 e. The summed E-state index contributed by atoms with van der Waals surface area (Å²) in [5, 5.41) is 8.63. The molecule has 4 heteroatoms. The van der Waals surface area contributed by atoms with Crippen molar-refractivity contribution in [3.05, 3.63) is 0 Å². The van der Waals surface area contributed by atoms with Gasteiger partial charge in [0.15, 0.2) is 0 Å². The lowest BCUT2D eigenvalue weighted by Crippen LogP contribution is -2.34. The number of rotatable bonds is 7. The van der Waals surface area contributed by atoms with Gasteiger partial charge in [-0.05, 0) is 39.2 Å². The highest BCUT2D eigenvalue weighted by Crippen LogP contribution is 2.22. The van der Waals surface area contributed by atoms with E-state index in [1.807, 2.05) is 6.92 Å². The van der Waals surface area contributed by atoms with Gasteiger partial charge in [0.2, 0.25) is 0 Å². The second-order valence-corrected chi connectivity index (χ2v) is 4.59. The molecule has 0 spiro atoms. The monoisotopic (exact) mass is 229 g/mol. The summed E-state index contributed by atoms with van der Waals surface area (Å²) in [7, 11) is 0. The van der Waals surface area contributed by atoms with Gasteiger partial charge in [-0.15, -0.1) is 0 Å². The van der Waals surface area contributed by atoms with Gasteiger partial charge in [-0.1, -0.05) is 0 Å². The van der Waals surface area contributed by atoms with E-state index < -0.39 is 5.97 Å². The molecule has 1 fully saturated rings. The molecule has 1 N–H and O–H groups in total. The normalized spacial score (nSPS) is 23.5. The average Bonchev–Trinajstić information content (AvgIpc) is 2.71. The molecule has 0 aromatic heterocycles. The second-order valence-electron chi connectivity index (χ2n) is 4.59. The highest BCUT2D eigenvalue weighted by atomic mass is 16.5. The van der Waals surface area contributed by atoms with Gasteiger partial charge in [0.05, 0.1) is 6.61 Å². The molecule has 2 unspecified atom stereocenters. The lowest BCUT2D eigenvalue weighted by atomic mass is 10.0. The Labute approximate surface area is 97.6 Å². The summed E-state index contributed by atoms with van der Waals surface area (Å²) in [6.45, 7) is 7.84. The van der Waals surface area contributed by atoms with Crippen LogP contribution in [-0.2, 0) is 9.53 Å². The van der Waals surface area contributed by atoms with E-state index in [1.54, 1.807) is 0 Å². The fraction of sp³-hybridized carbons (Fsp3) is 0.917. The van der Waals surface area contributed by atoms with Gasteiger partial charge in [-0.2, -0.15) is 0 Å². The number of ether oxygens (including phenoxy) is 1. The van der Waals surface area contributed by atoms with Crippen LogP contribution in [0.3, 0.4) is 0 Å². The summed E-state index contributed by atoms with van der Waals surface area (Å²) in [6, 6.07) is 0.453. The van der Waals surface area contributed by atoms with Crippen molar-refractivity contribution in [1.82, 2.24) is 4.90 Å². The molecule has 1 aliphatic rings. The van der Waals surface area contributed by atoms with Gasteiger partial charge in [0, 0.05) is 25.6 Å². The Bertz CT molecular complexity index is 220. The molecule has 0 bridgehead atoms. The predicted molar refractivity (Wildman–Crippen MR) is 62.5 cm³/mol. The molecule has 94 valence electrons. The average molecular weight is 229 g/mol. The van der Waals surface area contributed by atoms with E-state index in [0.29, 0.717) is 18.4 Å². The van der Waals surface area contributed by atoms with Gasteiger partial charge in [-0.25, -0.2) is 0 Å². The predicted octanol–water partition coefficient (Wildman–Crippen LogP) is 1.60. The van der Waals surface area contributed by atoms with Crippen molar-refractivity contribution in [3.8, 4) is 0 Å². The van der Waals surface area contributed by atoms with Crippen LogP contribution in [0.5, 0.6) is 0 Å². The Morgan fingerprint density at radius 2 is 2.38 bits per heavy atom. The first kappa shape index (κ1) is 13.5. The Balaban J connectivity index is 2.20. The van der Waals surface area contributed by atoms with Crippen LogP contribution in [0.1, 0.15) is 33.1 Å². The number of aliphatic carboxylic acids is 1.